The molecule has 0 saturated heterocycles. The summed E-state index contributed by atoms with van der Waals surface area (Å²) in [6, 6.07) is 3.43. The predicted molar refractivity (Wildman–Crippen MR) is 83.9 cm³/mol. The molecule has 0 aliphatic carbocycles. The number of esters is 1. The van der Waals surface area contributed by atoms with E-state index in [9.17, 15) is 9.59 Å². The van der Waals surface area contributed by atoms with Crippen LogP contribution in [-0.4, -0.2) is 32.6 Å². The Kier molecular flexibility index (Phi) is 6.15. The van der Waals surface area contributed by atoms with Crippen molar-refractivity contribution in [3.63, 3.8) is 0 Å². The molecule has 21 heavy (non-hydrogen) atoms. The molecule has 0 amide bonds. The molecular weight excluding hydrogens is 265 g/mol. The first kappa shape index (κ1) is 17.4. The molecule has 1 rings (SSSR count). The van der Waals surface area contributed by atoms with Crippen LogP contribution in [0.3, 0.4) is 0 Å². The molecule has 2 unspecified atom stereocenters. The lowest BCUT2D eigenvalue weighted by Gasteiger charge is -2.20. The van der Waals surface area contributed by atoms with E-state index in [1.807, 2.05) is 32.9 Å². The number of nitrogens with one attached hydrogen (secondary N) is 1. The van der Waals surface area contributed by atoms with Gasteiger partial charge >= 0.3 is 5.97 Å². The Balaban J connectivity index is 3.17. The van der Waals surface area contributed by atoms with E-state index < -0.39 is 6.04 Å². The third kappa shape index (κ3) is 4.71. The van der Waals surface area contributed by atoms with Gasteiger partial charge in [0, 0.05) is 12.0 Å². The summed E-state index contributed by atoms with van der Waals surface area (Å²) >= 11 is 0. The van der Waals surface area contributed by atoms with Crippen LogP contribution in [0.25, 0.3) is 0 Å². The van der Waals surface area contributed by atoms with Gasteiger partial charge in [-0.1, -0.05) is 13.0 Å². The minimum atomic E-state index is -0.398. The molecule has 0 aliphatic heterocycles. The number of likely N-dealkylation sites (N-methyl/N-ethyl adjacent to an activating group) is 1. The van der Waals surface area contributed by atoms with Gasteiger partial charge in [0.2, 0.25) is 0 Å². The fourth-order valence-corrected chi connectivity index (χ4v) is 2.37. The Hall–Kier alpha value is -1.62. The van der Waals surface area contributed by atoms with E-state index in [-0.39, 0.29) is 24.0 Å². The lowest BCUT2D eigenvalue weighted by atomic mass is 9.85. The van der Waals surface area contributed by atoms with Gasteiger partial charge in [0.15, 0.2) is 7.85 Å². The van der Waals surface area contributed by atoms with Crippen LogP contribution in [0.4, 0.5) is 0 Å². The first-order chi connectivity index (χ1) is 9.76. The molecule has 0 fully saturated rings. The molecule has 0 heterocycles. The summed E-state index contributed by atoms with van der Waals surface area (Å²) in [5.41, 5.74) is 2.48. The molecule has 0 spiro atoms. The lowest BCUT2D eigenvalue weighted by Crippen LogP contribution is -2.34. The second-order valence-corrected chi connectivity index (χ2v) is 5.50. The molecule has 4 nitrogen and oxygen atoms in total. The van der Waals surface area contributed by atoms with Crippen LogP contribution in [0.15, 0.2) is 12.1 Å². The number of hydrogen-bond donors (Lipinski definition) is 1. The van der Waals surface area contributed by atoms with Crippen molar-refractivity contribution in [3.05, 3.63) is 28.8 Å². The number of hydrogen-bond acceptors (Lipinski definition) is 4. The summed E-state index contributed by atoms with van der Waals surface area (Å²) in [4.78, 5) is 23.1. The minimum Gasteiger partial charge on any atom is -0.425 e. The SMILES string of the molecule is [B]C(=O)CC(C)c1c(C)cc(C)cc1OC(=O)C(C)NC. The summed E-state index contributed by atoms with van der Waals surface area (Å²) < 4.78 is 5.51. The maximum Gasteiger partial charge on any atom is 0.328 e. The summed E-state index contributed by atoms with van der Waals surface area (Å²) in [6.07, 6.45) is 0.218. The molecule has 112 valence electrons. The van der Waals surface area contributed by atoms with E-state index in [0.29, 0.717) is 5.75 Å². The van der Waals surface area contributed by atoms with Gasteiger partial charge in [-0.25, -0.2) is 4.79 Å². The highest BCUT2D eigenvalue weighted by Crippen LogP contribution is 2.33. The van der Waals surface area contributed by atoms with E-state index in [2.05, 4.69) is 5.32 Å². The minimum absolute atomic E-state index is 0.101. The highest BCUT2D eigenvalue weighted by atomic mass is 16.5. The van der Waals surface area contributed by atoms with Crippen molar-refractivity contribution in [2.75, 3.05) is 7.05 Å². The zero-order valence-electron chi connectivity index (χ0n) is 13.3. The molecule has 2 atom stereocenters. The fraction of sp³-hybridized carbons (Fsp3) is 0.500. The van der Waals surface area contributed by atoms with Crippen LogP contribution in [0.5, 0.6) is 5.75 Å². The maximum absolute atomic E-state index is 12.0. The van der Waals surface area contributed by atoms with Crippen molar-refractivity contribution < 1.29 is 14.3 Å². The number of ether oxygens (including phenoxy) is 1. The summed E-state index contributed by atoms with van der Waals surface area (Å²) in [5, 5.41) is 2.85. The molecule has 5 heteroatoms. The largest absolute Gasteiger partial charge is 0.425 e. The smallest absolute Gasteiger partial charge is 0.328 e. The van der Waals surface area contributed by atoms with Gasteiger partial charge in [0.1, 0.15) is 11.8 Å². The lowest BCUT2D eigenvalue weighted by molar-refractivity contribution is -0.136. The van der Waals surface area contributed by atoms with E-state index in [4.69, 9.17) is 12.6 Å². The van der Waals surface area contributed by atoms with Crippen LogP contribution in [0.1, 0.15) is 42.9 Å². The Morgan fingerprint density at radius 1 is 1.29 bits per heavy atom. The zero-order chi connectivity index (χ0) is 16.2. The quantitative estimate of drug-likeness (QED) is 0.494. The van der Waals surface area contributed by atoms with Crippen LogP contribution in [0, 0.1) is 13.8 Å². The molecular formula is C16H22BNO3. The van der Waals surface area contributed by atoms with E-state index >= 15 is 0 Å². The van der Waals surface area contributed by atoms with E-state index in [0.717, 1.165) is 16.7 Å². The highest BCUT2D eigenvalue weighted by molar-refractivity contribution is 6.57. The third-order valence-corrected chi connectivity index (χ3v) is 3.49. The van der Waals surface area contributed by atoms with Gasteiger partial charge in [0.25, 0.3) is 0 Å². The van der Waals surface area contributed by atoms with Gasteiger partial charge in [-0.05, 0) is 50.9 Å². The monoisotopic (exact) mass is 287 g/mol. The predicted octanol–water partition coefficient (Wildman–Crippen LogP) is 2.01. The highest BCUT2D eigenvalue weighted by Gasteiger charge is 2.20. The first-order valence-electron chi connectivity index (χ1n) is 7.04. The molecule has 0 saturated carbocycles. The zero-order valence-corrected chi connectivity index (χ0v) is 13.3. The van der Waals surface area contributed by atoms with Crippen LogP contribution >= 0.6 is 0 Å². The van der Waals surface area contributed by atoms with Crippen LogP contribution in [-0.2, 0) is 9.59 Å². The second-order valence-electron chi connectivity index (χ2n) is 5.50. The molecule has 1 aromatic carbocycles. The number of carbonyl (C=O) groups excluding carboxylic acids is 2. The molecule has 2 radical (unpaired) electrons. The maximum atomic E-state index is 12.0. The van der Waals surface area contributed by atoms with Crippen LogP contribution in [0.2, 0.25) is 0 Å². The number of aryl methyl sites for hydroxylation is 2. The standard InChI is InChI=1S/C16H22BNO3/c1-9-6-10(2)15(11(3)8-14(17)19)13(7-9)21-16(20)12(4)18-5/h6-7,11-12,18H,8H2,1-5H3. The van der Waals surface area contributed by atoms with Gasteiger partial charge in [-0.3, -0.25) is 0 Å². The molecule has 0 aliphatic rings. The normalized spacial score (nSPS) is 13.6. The average molecular weight is 287 g/mol. The van der Waals surface area contributed by atoms with Crippen molar-refractivity contribution in [3.8, 4) is 5.75 Å². The molecule has 0 bridgehead atoms. The van der Waals surface area contributed by atoms with Crippen molar-refractivity contribution in [2.24, 2.45) is 0 Å². The van der Waals surface area contributed by atoms with Crippen molar-refractivity contribution in [2.45, 2.75) is 46.1 Å². The van der Waals surface area contributed by atoms with Gasteiger partial charge in [0.05, 0.1) is 5.68 Å². The van der Waals surface area contributed by atoms with E-state index in [1.54, 1.807) is 14.0 Å². The topological polar surface area (TPSA) is 55.4 Å². The number of carbonyl (C=O) groups is 2. The van der Waals surface area contributed by atoms with Crippen molar-refractivity contribution >= 4 is 19.5 Å². The first-order valence-corrected chi connectivity index (χ1v) is 7.04. The van der Waals surface area contributed by atoms with Gasteiger partial charge in [-0.15, -0.1) is 0 Å². The van der Waals surface area contributed by atoms with E-state index in [1.165, 1.54) is 0 Å². The Labute approximate surface area is 127 Å². The summed E-state index contributed by atoms with van der Waals surface area (Å²) in [7, 11) is 6.97. The van der Waals surface area contributed by atoms with Gasteiger partial charge in [-0.2, -0.15) is 0 Å². The third-order valence-electron chi connectivity index (χ3n) is 3.49. The van der Waals surface area contributed by atoms with Gasteiger partial charge < -0.3 is 14.8 Å². The average Bonchev–Trinajstić information content (AvgIpc) is 2.35. The Bertz CT molecular complexity index is 543. The molecule has 0 aromatic heterocycles. The molecule has 1 aromatic rings. The fourth-order valence-electron chi connectivity index (χ4n) is 2.37. The summed E-state index contributed by atoms with van der Waals surface area (Å²) in [5.74, 6) is 0.0548. The van der Waals surface area contributed by atoms with Crippen LogP contribution < -0.4 is 10.1 Å². The second kappa shape index (κ2) is 7.41. The van der Waals surface area contributed by atoms with Crippen molar-refractivity contribution in [1.29, 1.82) is 0 Å². The molecule has 1 N–H and O–H groups in total. The Morgan fingerprint density at radius 3 is 2.43 bits per heavy atom. The number of rotatable bonds is 6. The number of benzene rings is 1. The summed E-state index contributed by atoms with van der Waals surface area (Å²) in [6.45, 7) is 7.52. The van der Waals surface area contributed by atoms with Crippen molar-refractivity contribution in [1.82, 2.24) is 5.32 Å². The Morgan fingerprint density at radius 2 is 1.90 bits per heavy atom.